The van der Waals surface area contributed by atoms with Crippen molar-refractivity contribution >= 4 is 17.3 Å². The van der Waals surface area contributed by atoms with Crippen molar-refractivity contribution < 1.29 is 9.72 Å². The van der Waals surface area contributed by atoms with Crippen LogP contribution in [-0.2, 0) is 4.79 Å². The molecule has 1 aromatic rings. The molecule has 0 N–H and O–H groups in total. The minimum absolute atomic E-state index is 0.110. The van der Waals surface area contributed by atoms with E-state index in [2.05, 4.69) is 16.8 Å². The van der Waals surface area contributed by atoms with Gasteiger partial charge in [0.1, 0.15) is 0 Å². The third-order valence-electron chi connectivity index (χ3n) is 5.08. The summed E-state index contributed by atoms with van der Waals surface area (Å²) in [7, 11) is 2.09. The lowest BCUT2D eigenvalue weighted by Gasteiger charge is -2.38. The summed E-state index contributed by atoms with van der Waals surface area (Å²) in [5, 5.41) is 10.7. The molecule has 0 radical (unpaired) electrons. The third-order valence-corrected chi connectivity index (χ3v) is 5.08. The summed E-state index contributed by atoms with van der Waals surface area (Å²) in [6.07, 6.45) is 1.70. The molecule has 0 bridgehead atoms. The number of likely N-dealkylation sites (N-methyl/N-ethyl adjacent to an activating group) is 1. The van der Waals surface area contributed by atoms with Crippen molar-refractivity contribution in [1.82, 2.24) is 9.80 Å². The Bertz CT molecular complexity index is 588. The van der Waals surface area contributed by atoms with Crippen molar-refractivity contribution in [3.8, 4) is 0 Å². The summed E-state index contributed by atoms with van der Waals surface area (Å²) < 4.78 is 0. The molecule has 130 valence electrons. The first kappa shape index (κ1) is 16.7. The number of amides is 1. The molecular weight excluding hydrogens is 308 g/mol. The smallest absolute Gasteiger partial charge is 0.269 e. The highest BCUT2D eigenvalue weighted by atomic mass is 16.6. The number of rotatable bonds is 3. The van der Waals surface area contributed by atoms with Gasteiger partial charge in [0.25, 0.3) is 5.69 Å². The van der Waals surface area contributed by atoms with E-state index < -0.39 is 0 Å². The molecule has 0 aliphatic carbocycles. The molecule has 2 fully saturated rings. The van der Waals surface area contributed by atoms with E-state index in [-0.39, 0.29) is 16.5 Å². The largest absolute Gasteiger partial charge is 0.371 e. The highest BCUT2D eigenvalue weighted by Gasteiger charge is 2.30. The highest BCUT2D eigenvalue weighted by molar-refractivity contribution is 5.79. The second-order valence-electron chi connectivity index (χ2n) is 6.66. The molecule has 2 aliphatic heterocycles. The zero-order valence-electron chi connectivity index (χ0n) is 14.1. The lowest BCUT2D eigenvalue weighted by Crippen LogP contribution is -2.50. The van der Waals surface area contributed by atoms with Crippen molar-refractivity contribution in [1.29, 1.82) is 0 Å². The maximum atomic E-state index is 12.6. The van der Waals surface area contributed by atoms with Crippen LogP contribution in [0.25, 0.3) is 0 Å². The van der Waals surface area contributed by atoms with Crippen molar-refractivity contribution in [3.63, 3.8) is 0 Å². The number of nitro benzene ring substituents is 1. The molecule has 2 heterocycles. The van der Waals surface area contributed by atoms with E-state index in [0.717, 1.165) is 57.8 Å². The molecule has 3 rings (SSSR count). The third kappa shape index (κ3) is 3.67. The van der Waals surface area contributed by atoms with Crippen LogP contribution in [0.5, 0.6) is 0 Å². The summed E-state index contributed by atoms with van der Waals surface area (Å²) in [4.78, 5) is 29.4. The van der Waals surface area contributed by atoms with Gasteiger partial charge in [0.15, 0.2) is 0 Å². The number of piperazine rings is 1. The van der Waals surface area contributed by atoms with Gasteiger partial charge in [-0.2, -0.15) is 0 Å². The maximum Gasteiger partial charge on any atom is 0.269 e. The Balaban J connectivity index is 1.53. The van der Waals surface area contributed by atoms with E-state index in [1.54, 1.807) is 12.1 Å². The van der Waals surface area contributed by atoms with Gasteiger partial charge in [-0.05, 0) is 32.0 Å². The predicted molar refractivity (Wildman–Crippen MR) is 92.1 cm³/mol. The Morgan fingerprint density at radius 3 is 2.17 bits per heavy atom. The molecule has 7 heteroatoms. The Morgan fingerprint density at radius 1 is 1.04 bits per heavy atom. The van der Waals surface area contributed by atoms with Crippen LogP contribution in [-0.4, -0.2) is 66.9 Å². The van der Waals surface area contributed by atoms with Crippen molar-refractivity contribution in [2.75, 3.05) is 51.2 Å². The Morgan fingerprint density at radius 2 is 1.62 bits per heavy atom. The Labute approximate surface area is 142 Å². The van der Waals surface area contributed by atoms with Gasteiger partial charge in [-0.1, -0.05) is 0 Å². The van der Waals surface area contributed by atoms with Gasteiger partial charge in [0.2, 0.25) is 5.91 Å². The quantitative estimate of drug-likeness (QED) is 0.621. The van der Waals surface area contributed by atoms with Gasteiger partial charge in [-0.15, -0.1) is 0 Å². The topological polar surface area (TPSA) is 69.9 Å². The SMILES string of the molecule is CN1CCN(C(=O)C2CCN(c3ccc([N+](=O)[O-])cc3)CC2)CC1. The molecule has 0 unspecified atom stereocenters. The van der Waals surface area contributed by atoms with Gasteiger partial charge in [0.05, 0.1) is 4.92 Å². The van der Waals surface area contributed by atoms with Crippen LogP contribution in [0.1, 0.15) is 12.8 Å². The normalized spacial score (nSPS) is 20.2. The number of carbonyl (C=O) groups excluding carboxylic acids is 1. The predicted octanol–water partition coefficient (Wildman–Crippen LogP) is 1.59. The molecule has 0 spiro atoms. The van der Waals surface area contributed by atoms with Crippen LogP contribution in [0.15, 0.2) is 24.3 Å². The minimum atomic E-state index is -0.384. The fourth-order valence-electron chi connectivity index (χ4n) is 3.45. The Hall–Kier alpha value is -2.15. The van der Waals surface area contributed by atoms with E-state index in [1.807, 2.05) is 4.90 Å². The van der Waals surface area contributed by atoms with E-state index in [0.29, 0.717) is 5.91 Å². The fourth-order valence-corrected chi connectivity index (χ4v) is 3.45. The van der Waals surface area contributed by atoms with Gasteiger partial charge < -0.3 is 14.7 Å². The second-order valence-corrected chi connectivity index (χ2v) is 6.66. The number of carbonyl (C=O) groups is 1. The zero-order chi connectivity index (χ0) is 17.1. The first-order valence-corrected chi connectivity index (χ1v) is 8.51. The number of nitro groups is 1. The molecule has 0 saturated carbocycles. The van der Waals surface area contributed by atoms with Gasteiger partial charge >= 0.3 is 0 Å². The van der Waals surface area contributed by atoms with E-state index in [9.17, 15) is 14.9 Å². The van der Waals surface area contributed by atoms with Crippen LogP contribution in [0.4, 0.5) is 11.4 Å². The molecule has 1 aromatic carbocycles. The number of anilines is 1. The van der Waals surface area contributed by atoms with Crippen LogP contribution >= 0.6 is 0 Å². The summed E-state index contributed by atoms with van der Waals surface area (Å²) >= 11 is 0. The molecule has 1 amide bonds. The van der Waals surface area contributed by atoms with Crippen molar-refractivity contribution in [2.24, 2.45) is 5.92 Å². The lowest BCUT2D eigenvalue weighted by molar-refractivity contribution is -0.384. The van der Waals surface area contributed by atoms with Gasteiger partial charge in [-0.3, -0.25) is 14.9 Å². The summed E-state index contributed by atoms with van der Waals surface area (Å²) in [6, 6.07) is 6.66. The van der Waals surface area contributed by atoms with E-state index in [1.165, 1.54) is 12.1 Å². The standard InChI is InChI=1S/C17H24N4O3/c1-18-10-12-20(13-11-18)17(22)14-6-8-19(9-7-14)15-2-4-16(5-3-15)21(23)24/h2-5,14H,6-13H2,1H3. The van der Waals surface area contributed by atoms with Crippen LogP contribution < -0.4 is 4.90 Å². The summed E-state index contributed by atoms with van der Waals surface area (Å²) in [5.41, 5.74) is 1.10. The number of hydrogen-bond donors (Lipinski definition) is 0. The second kappa shape index (κ2) is 7.17. The van der Waals surface area contributed by atoms with Crippen LogP contribution in [0.3, 0.4) is 0 Å². The lowest BCUT2D eigenvalue weighted by atomic mass is 9.94. The average molecular weight is 332 g/mol. The van der Waals surface area contributed by atoms with Crippen LogP contribution in [0, 0.1) is 16.0 Å². The fraction of sp³-hybridized carbons (Fsp3) is 0.588. The molecule has 0 atom stereocenters. The average Bonchev–Trinajstić information content (AvgIpc) is 2.62. The Kier molecular flexibility index (Phi) is 4.99. The van der Waals surface area contributed by atoms with Gasteiger partial charge in [0, 0.05) is 63.0 Å². The molecule has 7 nitrogen and oxygen atoms in total. The van der Waals surface area contributed by atoms with E-state index in [4.69, 9.17) is 0 Å². The number of hydrogen-bond acceptors (Lipinski definition) is 5. The number of non-ortho nitro benzene ring substituents is 1. The number of nitrogens with zero attached hydrogens (tertiary/aromatic N) is 4. The van der Waals surface area contributed by atoms with Crippen molar-refractivity contribution in [2.45, 2.75) is 12.8 Å². The zero-order valence-corrected chi connectivity index (χ0v) is 14.1. The molecular formula is C17H24N4O3. The summed E-state index contributed by atoms with van der Waals surface area (Å²) in [5.74, 6) is 0.411. The molecule has 2 saturated heterocycles. The van der Waals surface area contributed by atoms with E-state index >= 15 is 0 Å². The molecule has 2 aliphatic rings. The van der Waals surface area contributed by atoms with Crippen molar-refractivity contribution in [3.05, 3.63) is 34.4 Å². The highest BCUT2D eigenvalue weighted by Crippen LogP contribution is 2.26. The minimum Gasteiger partial charge on any atom is -0.371 e. The maximum absolute atomic E-state index is 12.6. The number of piperidine rings is 1. The summed E-state index contributed by atoms with van der Waals surface area (Å²) in [6.45, 7) is 5.21. The molecule has 24 heavy (non-hydrogen) atoms. The van der Waals surface area contributed by atoms with Crippen LogP contribution in [0.2, 0.25) is 0 Å². The molecule has 0 aromatic heterocycles. The number of benzene rings is 1. The first-order valence-electron chi connectivity index (χ1n) is 8.51. The first-order chi connectivity index (χ1) is 11.5. The monoisotopic (exact) mass is 332 g/mol. The van der Waals surface area contributed by atoms with Gasteiger partial charge in [-0.25, -0.2) is 0 Å².